The molecule has 192 valence electrons. The molecule has 0 bridgehead atoms. The maximum atomic E-state index is 12.5. The SMILES string of the molecule is CCCCCCCCCCCCS(=O)(=O)CCCc1cc(C(C)(C)C)c(O)c(C(C)(C)C)c1. The van der Waals surface area contributed by atoms with Crippen molar-refractivity contribution < 1.29 is 13.5 Å². The fourth-order valence-corrected chi connectivity index (χ4v) is 5.82. The molecule has 1 aromatic carbocycles. The first-order valence-corrected chi connectivity index (χ1v) is 15.2. The van der Waals surface area contributed by atoms with Crippen LogP contribution in [0.25, 0.3) is 0 Å². The minimum atomic E-state index is -2.99. The summed E-state index contributed by atoms with van der Waals surface area (Å²) in [6.45, 7) is 14.9. The standard InChI is InChI=1S/C29H52O3S/c1-8-9-10-11-12-13-14-15-16-17-20-33(31,32)21-18-19-24-22-25(28(2,3)4)27(30)26(23-24)29(5,6)7/h22-23,30H,8-21H2,1-7H3. The number of aryl methyl sites for hydroxylation is 1. The van der Waals surface area contributed by atoms with Gasteiger partial charge in [-0.25, -0.2) is 8.42 Å². The molecule has 33 heavy (non-hydrogen) atoms. The van der Waals surface area contributed by atoms with Gasteiger partial charge < -0.3 is 5.11 Å². The zero-order chi connectivity index (χ0) is 25.1. The molecule has 0 unspecified atom stereocenters. The summed E-state index contributed by atoms with van der Waals surface area (Å²) in [6.07, 6.45) is 13.5. The van der Waals surface area contributed by atoms with Crippen LogP contribution in [0.1, 0.15) is 136 Å². The number of sulfone groups is 1. The van der Waals surface area contributed by atoms with Gasteiger partial charge in [0.15, 0.2) is 0 Å². The van der Waals surface area contributed by atoms with Gasteiger partial charge in [0, 0.05) is 0 Å². The average molecular weight is 481 g/mol. The highest BCUT2D eigenvalue weighted by atomic mass is 32.2. The normalized spacial score (nSPS) is 12.9. The maximum Gasteiger partial charge on any atom is 0.150 e. The molecule has 1 N–H and O–H groups in total. The van der Waals surface area contributed by atoms with E-state index in [4.69, 9.17) is 0 Å². The Kier molecular flexibility index (Phi) is 12.5. The zero-order valence-electron chi connectivity index (χ0n) is 22.7. The third-order valence-electron chi connectivity index (χ3n) is 6.52. The summed E-state index contributed by atoms with van der Waals surface area (Å²) >= 11 is 0. The number of rotatable bonds is 15. The first-order valence-electron chi connectivity index (χ1n) is 13.3. The van der Waals surface area contributed by atoms with E-state index in [1.54, 1.807) is 0 Å². The summed E-state index contributed by atoms with van der Waals surface area (Å²) in [4.78, 5) is 0. The van der Waals surface area contributed by atoms with E-state index in [9.17, 15) is 13.5 Å². The van der Waals surface area contributed by atoms with Gasteiger partial charge in [-0.15, -0.1) is 0 Å². The van der Waals surface area contributed by atoms with Crippen molar-refractivity contribution in [2.45, 2.75) is 136 Å². The molecule has 0 saturated carbocycles. The van der Waals surface area contributed by atoms with Crippen molar-refractivity contribution in [3.8, 4) is 5.75 Å². The minimum Gasteiger partial charge on any atom is -0.507 e. The van der Waals surface area contributed by atoms with Crippen LogP contribution in [0, 0.1) is 0 Å². The van der Waals surface area contributed by atoms with Gasteiger partial charge >= 0.3 is 0 Å². The molecule has 0 spiro atoms. The maximum absolute atomic E-state index is 12.5. The minimum absolute atomic E-state index is 0.165. The largest absolute Gasteiger partial charge is 0.507 e. The molecular formula is C29H52O3S. The predicted octanol–water partition coefficient (Wildman–Crippen LogP) is 8.26. The zero-order valence-corrected chi connectivity index (χ0v) is 23.5. The van der Waals surface area contributed by atoms with Crippen molar-refractivity contribution in [2.24, 2.45) is 0 Å². The van der Waals surface area contributed by atoms with Crippen LogP contribution in [0.4, 0.5) is 0 Å². The molecule has 0 heterocycles. The molecule has 0 aliphatic rings. The first kappa shape index (κ1) is 30.0. The Bertz CT molecular complexity index is 760. The van der Waals surface area contributed by atoms with Crippen LogP contribution in [0.5, 0.6) is 5.75 Å². The lowest BCUT2D eigenvalue weighted by molar-refractivity contribution is 0.422. The van der Waals surface area contributed by atoms with Gasteiger partial charge in [0.1, 0.15) is 15.6 Å². The number of aromatic hydroxyl groups is 1. The lowest BCUT2D eigenvalue weighted by Gasteiger charge is -2.28. The van der Waals surface area contributed by atoms with Crippen LogP contribution >= 0.6 is 0 Å². The predicted molar refractivity (Wildman–Crippen MR) is 144 cm³/mol. The van der Waals surface area contributed by atoms with Crippen LogP contribution in [0.3, 0.4) is 0 Å². The number of benzene rings is 1. The van der Waals surface area contributed by atoms with Crippen molar-refractivity contribution in [3.63, 3.8) is 0 Å². The Morgan fingerprint density at radius 1 is 0.667 bits per heavy atom. The molecule has 0 radical (unpaired) electrons. The van der Waals surface area contributed by atoms with Crippen molar-refractivity contribution >= 4 is 9.84 Å². The van der Waals surface area contributed by atoms with E-state index in [1.165, 1.54) is 44.9 Å². The van der Waals surface area contributed by atoms with Gasteiger partial charge in [0.2, 0.25) is 0 Å². The van der Waals surface area contributed by atoms with Crippen LogP contribution in [0.15, 0.2) is 12.1 Å². The summed E-state index contributed by atoms with van der Waals surface area (Å²) in [7, 11) is -2.99. The van der Waals surface area contributed by atoms with Gasteiger partial charge in [0.05, 0.1) is 11.5 Å². The third kappa shape index (κ3) is 11.8. The Labute approximate surface area is 205 Å². The fraction of sp³-hybridized carbons (Fsp3) is 0.793. The second-order valence-electron chi connectivity index (χ2n) is 12.0. The Hall–Kier alpha value is -1.03. The molecule has 1 rings (SSSR count). The highest BCUT2D eigenvalue weighted by Crippen LogP contribution is 2.40. The van der Waals surface area contributed by atoms with Gasteiger partial charge in [-0.1, -0.05) is 118 Å². The topological polar surface area (TPSA) is 54.4 Å². The molecule has 3 nitrogen and oxygen atoms in total. The molecular weight excluding hydrogens is 428 g/mol. The summed E-state index contributed by atoms with van der Waals surface area (Å²) in [5.41, 5.74) is 2.68. The van der Waals surface area contributed by atoms with Gasteiger partial charge in [-0.05, 0) is 46.8 Å². The van der Waals surface area contributed by atoms with Crippen LogP contribution in [-0.4, -0.2) is 25.0 Å². The molecule has 0 saturated heterocycles. The Balaban J connectivity index is 2.49. The average Bonchev–Trinajstić information content (AvgIpc) is 2.68. The van der Waals surface area contributed by atoms with Crippen LogP contribution in [-0.2, 0) is 27.1 Å². The van der Waals surface area contributed by atoms with Gasteiger partial charge in [0.25, 0.3) is 0 Å². The highest BCUT2D eigenvalue weighted by molar-refractivity contribution is 7.91. The van der Waals surface area contributed by atoms with E-state index >= 15 is 0 Å². The molecule has 0 atom stereocenters. The number of hydrogen-bond acceptors (Lipinski definition) is 3. The molecule has 4 heteroatoms. The summed E-state index contributed by atoms with van der Waals surface area (Å²) in [5, 5.41) is 10.9. The third-order valence-corrected chi connectivity index (χ3v) is 8.34. The van der Waals surface area contributed by atoms with Crippen LogP contribution in [0.2, 0.25) is 0 Å². The Morgan fingerprint density at radius 2 is 1.06 bits per heavy atom. The van der Waals surface area contributed by atoms with E-state index < -0.39 is 9.84 Å². The monoisotopic (exact) mass is 480 g/mol. The van der Waals surface area contributed by atoms with E-state index in [1.807, 2.05) is 0 Å². The second kappa shape index (κ2) is 13.8. The fourth-order valence-electron chi connectivity index (χ4n) is 4.39. The number of unbranched alkanes of at least 4 members (excludes halogenated alkanes) is 9. The number of hydrogen-bond donors (Lipinski definition) is 1. The second-order valence-corrected chi connectivity index (χ2v) is 14.3. The lowest BCUT2D eigenvalue weighted by Crippen LogP contribution is -2.18. The molecule has 0 aromatic heterocycles. The van der Waals surface area contributed by atoms with E-state index in [0.717, 1.165) is 42.4 Å². The van der Waals surface area contributed by atoms with E-state index in [2.05, 4.69) is 60.6 Å². The van der Waals surface area contributed by atoms with E-state index in [-0.39, 0.29) is 16.6 Å². The molecule has 0 aliphatic heterocycles. The summed E-state index contributed by atoms with van der Waals surface area (Å²) in [6, 6.07) is 4.14. The number of phenols is 1. The molecule has 1 aromatic rings. The summed E-state index contributed by atoms with van der Waals surface area (Å²) < 4.78 is 25.0. The molecule has 0 fully saturated rings. The molecule has 0 aliphatic carbocycles. The first-order chi connectivity index (χ1) is 15.3. The van der Waals surface area contributed by atoms with Crippen LogP contribution < -0.4 is 0 Å². The quantitative estimate of drug-likeness (QED) is 0.257. The number of phenolic OH excluding ortho intramolecular Hbond substituents is 1. The highest BCUT2D eigenvalue weighted by Gasteiger charge is 2.26. The van der Waals surface area contributed by atoms with Crippen molar-refractivity contribution in [3.05, 3.63) is 28.8 Å². The summed E-state index contributed by atoms with van der Waals surface area (Å²) in [5.74, 6) is 0.952. The van der Waals surface area contributed by atoms with Crippen molar-refractivity contribution in [2.75, 3.05) is 11.5 Å². The molecule has 0 amide bonds. The van der Waals surface area contributed by atoms with Gasteiger partial charge in [-0.3, -0.25) is 0 Å². The Morgan fingerprint density at radius 3 is 1.48 bits per heavy atom. The lowest BCUT2D eigenvalue weighted by atomic mass is 9.78. The smallest absolute Gasteiger partial charge is 0.150 e. The van der Waals surface area contributed by atoms with Crippen molar-refractivity contribution in [1.82, 2.24) is 0 Å². The van der Waals surface area contributed by atoms with E-state index in [0.29, 0.717) is 17.9 Å². The van der Waals surface area contributed by atoms with Gasteiger partial charge in [-0.2, -0.15) is 0 Å². The van der Waals surface area contributed by atoms with Crippen molar-refractivity contribution in [1.29, 1.82) is 0 Å².